The third-order valence-corrected chi connectivity index (χ3v) is 6.50. The molecular weight excluding hydrogens is 512 g/mol. The highest BCUT2D eigenvalue weighted by Crippen LogP contribution is 2.26. The number of nitro groups is 1. The second kappa shape index (κ2) is 12.8. The molecule has 0 saturated heterocycles. The van der Waals surface area contributed by atoms with Crippen molar-refractivity contribution in [2.75, 3.05) is 18.2 Å². The Hall–Kier alpha value is -4.26. The first kappa shape index (κ1) is 28.3. The molecule has 0 aliphatic carbocycles. The van der Waals surface area contributed by atoms with Crippen LogP contribution in [0.1, 0.15) is 53.4 Å². The van der Waals surface area contributed by atoms with Gasteiger partial charge in [-0.15, -0.1) is 10.2 Å². The van der Waals surface area contributed by atoms with Crippen molar-refractivity contribution in [2.24, 2.45) is 5.92 Å². The second-order valence-electron chi connectivity index (χ2n) is 8.49. The Bertz CT molecular complexity index is 1320. The van der Waals surface area contributed by atoms with Crippen LogP contribution in [0.25, 0.3) is 0 Å². The Kier molecular flexibility index (Phi) is 9.55. The number of hydrogen-bond acceptors (Lipinski definition) is 9. The quantitative estimate of drug-likeness (QED) is 0.159. The molecule has 0 saturated carbocycles. The maximum atomic E-state index is 12.9. The van der Waals surface area contributed by atoms with E-state index in [4.69, 9.17) is 0 Å². The van der Waals surface area contributed by atoms with E-state index >= 15 is 0 Å². The molecule has 0 bridgehead atoms. The fourth-order valence-corrected chi connectivity index (χ4v) is 4.39. The average molecular weight is 541 g/mol. The topological polar surface area (TPSA) is 158 Å². The van der Waals surface area contributed by atoms with Gasteiger partial charge in [-0.25, -0.2) is 4.79 Å². The van der Waals surface area contributed by atoms with Gasteiger partial charge in [0.05, 0.1) is 29.4 Å². The largest absolute Gasteiger partial charge is 0.465 e. The first-order valence-electron chi connectivity index (χ1n) is 11.7. The minimum atomic E-state index is -0.554. The Labute approximate surface area is 223 Å². The molecule has 3 rings (SSSR count). The lowest BCUT2D eigenvalue weighted by Gasteiger charge is -2.22. The number of nitrogens with zero attached hydrogens (tertiary/aromatic N) is 4. The number of benzene rings is 2. The summed E-state index contributed by atoms with van der Waals surface area (Å²) in [6.07, 6.45) is 0. The molecule has 0 unspecified atom stereocenters. The molecular formula is C25H28N6O6S. The lowest BCUT2D eigenvalue weighted by molar-refractivity contribution is -0.384. The summed E-state index contributed by atoms with van der Waals surface area (Å²) in [7, 11) is 1.30. The SMILES string of the molecule is CCn1c(SCC(=O)Nc2ccc(C(=O)OC)cc2)nnc1[C@H](NC(=O)c1cccc([N+](=O)[O-])c1)C(C)C. The number of thioether (sulfide) groups is 1. The van der Waals surface area contributed by atoms with E-state index in [1.165, 1.54) is 43.1 Å². The number of carbonyl (C=O) groups is 3. The molecule has 0 aliphatic heterocycles. The lowest BCUT2D eigenvalue weighted by atomic mass is 10.0. The highest BCUT2D eigenvalue weighted by molar-refractivity contribution is 7.99. The van der Waals surface area contributed by atoms with Crippen LogP contribution in [0.15, 0.2) is 53.7 Å². The van der Waals surface area contributed by atoms with Gasteiger partial charge in [-0.05, 0) is 43.2 Å². The smallest absolute Gasteiger partial charge is 0.337 e. The van der Waals surface area contributed by atoms with Crippen molar-refractivity contribution < 1.29 is 24.0 Å². The van der Waals surface area contributed by atoms with Crippen molar-refractivity contribution in [3.05, 3.63) is 75.6 Å². The van der Waals surface area contributed by atoms with Crippen LogP contribution < -0.4 is 10.6 Å². The number of carbonyl (C=O) groups excluding carboxylic acids is 3. The van der Waals surface area contributed by atoms with Crippen molar-refractivity contribution >= 4 is 40.9 Å². The molecule has 2 N–H and O–H groups in total. The first-order valence-corrected chi connectivity index (χ1v) is 12.7. The molecule has 1 aromatic heterocycles. The average Bonchev–Trinajstić information content (AvgIpc) is 3.32. The number of non-ortho nitro benzene ring substituents is 1. The molecule has 38 heavy (non-hydrogen) atoms. The van der Waals surface area contributed by atoms with E-state index in [0.29, 0.717) is 28.8 Å². The molecule has 0 radical (unpaired) electrons. The summed E-state index contributed by atoms with van der Waals surface area (Å²) in [4.78, 5) is 47.5. The number of amides is 2. The van der Waals surface area contributed by atoms with Crippen LogP contribution in [0, 0.1) is 16.0 Å². The summed E-state index contributed by atoms with van der Waals surface area (Å²) in [5, 5.41) is 25.8. The molecule has 2 amide bonds. The van der Waals surface area contributed by atoms with E-state index in [-0.39, 0.29) is 28.8 Å². The predicted molar refractivity (Wildman–Crippen MR) is 141 cm³/mol. The van der Waals surface area contributed by atoms with E-state index in [1.54, 1.807) is 24.3 Å². The maximum Gasteiger partial charge on any atom is 0.337 e. The summed E-state index contributed by atoms with van der Waals surface area (Å²) in [6.45, 7) is 6.23. The molecule has 0 aliphatic rings. The number of anilines is 1. The van der Waals surface area contributed by atoms with Crippen LogP contribution in [-0.2, 0) is 16.1 Å². The number of hydrogen-bond donors (Lipinski definition) is 2. The van der Waals surface area contributed by atoms with Gasteiger partial charge in [0, 0.05) is 29.9 Å². The van der Waals surface area contributed by atoms with E-state index in [2.05, 4.69) is 25.6 Å². The van der Waals surface area contributed by atoms with E-state index < -0.39 is 22.8 Å². The third kappa shape index (κ3) is 6.94. The summed E-state index contributed by atoms with van der Waals surface area (Å²) in [5.74, 6) is -0.696. The Morgan fingerprint density at radius 2 is 1.82 bits per heavy atom. The van der Waals surface area contributed by atoms with Crippen molar-refractivity contribution in [3.8, 4) is 0 Å². The van der Waals surface area contributed by atoms with Crippen LogP contribution in [-0.4, -0.2) is 50.3 Å². The highest BCUT2D eigenvalue weighted by Gasteiger charge is 2.26. The summed E-state index contributed by atoms with van der Waals surface area (Å²) >= 11 is 1.20. The van der Waals surface area contributed by atoms with Gasteiger partial charge in [0.1, 0.15) is 0 Å². The zero-order chi connectivity index (χ0) is 27.8. The van der Waals surface area contributed by atoms with Gasteiger partial charge < -0.3 is 19.9 Å². The maximum absolute atomic E-state index is 12.9. The van der Waals surface area contributed by atoms with Crippen LogP contribution in [0.2, 0.25) is 0 Å². The van der Waals surface area contributed by atoms with Gasteiger partial charge in [-0.1, -0.05) is 31.7 Å². The molecule has 0 spiro atoms. The molecule has 1 heterocycles. The first-order chi connectivity index (χ1) is 18.1. The van der Waals surface area contributed by atoms with E-state index in [0.717, 1.165) is 0 Å². The van der Waals surface area contributed by atoms with Crippen molar-refractivity contribution in [1.29, 1.82) is 0 Å². The molecule has 0 fully saturated rings. The third-order valence-electron chi connectivity index (χ3n) is 5.53. The van der Waals surface area contributed by atoms with Gasteiger partial charge in [0.2, 0.25) is 5.91 Å². The van der Waals surface area contributed by atoms with Crippen molar-refractivity contribution in [2.45, 2.75) is 38.5 Å². The molecule has 2 aromatic carbocycles. The molecule has 13 heteroatoms. The number of ether oxygens (including phenoxy) is 1. The Balaban J connectivity index is 1.69. The minimum Gasteiger partial charge on any atom is -0.465 e. The van der Waals surface area contributed by atoms with Gasteiger partial charge in [0.25, 0.3) is 11.6 Å². The predicted octanol–water partition coefficient (Wildman–Crippen LogP) is 3.85. The van der Waals surface area contributed by atoms with Crippen LogP contribution in [0.3, 0.4) is 0 Å². The van der Waals surface area contributed by atoms with Crippen LogP contribution in [0.5, 0.6) is 0 Å². The molecule has 200 valence electrons. The van der Waals surface area contributed by atoms with Gasteiger partial charge >= 0.3 is 5.97 Å². The van der Waals surface area contributed by atoms with Gasteiger partial charge in [-0.3, -0.25) is 19.7 Å². The number of nitrogens with one attached hydrogen (secondary N) is 2. The van der Waals surface area contributed by atoms with Crippen molar-refractivity contribution in [3.63, 3.8) is 0 Å². The summed E-state index contributed by atoms with van der Waals surface area (Å²) < 4.78 is 6.49. The fourth-order valence-electron chi connectivity index (χ4n) is 3.58. The standard InChI is InChI=1S/C25H28N6O6S/c1-5-30-22(21(15(2)3)27-23(33)17-7-6-8-19(13-17)31(35)36)28-29-25(30)38-14-20(32)26-18-11-9-16(10-12-18)24(34)37-4/h6-13,15,21H,5,14H2,1-4H3,(H,26,32)(H,27,33)/t21-/m1/s1. The number of esters is 1. The highest BCUT2D eigenvalue weighted by atomic mass is 32.2. The molecule has 12 nitrogen and oxygen atoms in total. The van der Waals surface area contributed by atoms with Gasteiger partial charge in [0.15, 0.2) is 11.0 Å². The van der Waals surface area contributed by atoms with E-state index in [9.17, 15) is 24.5 Å². The zero-order valence-corrected chi connectivity index (χ0v) is 22.2. The number of aromatic nitrogens is 3. The number of rotatable bonds is 11. The summed E-state index contributed by atoms with van der Waals surface area (Å²) in [5.41, 5.74) is 0.899. The number of methoxy groups -OCH3 is 1. The molecule has 1 atom stereocenters. The second-order valence-corrected chi connectivity index (χ2v) is 9.44. The van der Waals surface area contributed by atoms with Crippen LogP contribution in [0.4, 0.5) is 11.4 Å². The lowest BCUT2D eigenvalue weighted by Crippen LogP contribution is -2.33. The zero-order valence-electron chi connectivity index (χ0n) is 21.3. The normalized spacial score (nSPS) is 11.6. The van der Waals surface area contributed by atoms with Crippen molar-refractivity contribution in [1.82, 2.24) is 20.1 Å². The summed E-state index contributed by atoms with van der Waals surface area (Å²) in [6, 6.07) is 11.3. The van der Waals surface area contributed by atoms with E-state index in [1.807, 2.05) is 25.3 Å². The molecule has 3 aromatic rings. The minimum absolute atomic E-state index is 0.0588. The fraction of sp³-hybridized carbons (Fsp3) is 0.320. The monoisotopic (exact) mass is 540 g/mol. The number of nitro benzene ring substituents is 1. The Morgan fingerprint density at radius 1 is 1.11 bits per heavy atom. The Morgan fingerprint density at radius 3 is 2.42 bits per heavy atom. The van der Waals surface area contributed by atoms with Gasteiger partial charge in [-0.2, -0.15) is 0 Å². The van der Waals surface area contributed by atoms with Crippen LogP contribution >= 0.6 is 11.8 Å².